The van der Waals surface area contributed by atoms with E-state index in [1.54, 1.807) is 0 Å². The second-order valence-corrected chi connectivity index (χ2v) is 20.9. The molecule has 0 saturated heterocycles. The van der Waals surface area contributed by atoms with Gasteiger partial charge < -0.3 is 0 Å². The molecule has 0 nitrogen and oxygen atoms in total. The highest BCUT2D eigenvalue weighted by molar-refractivity contribution is 6.47. The zero-order chi connectivity index (χ0) is 46.3. The van der Waals surface area contributed by atoms with Crippen molar-refractivity contribution in [1.29, 1.82) is 0 Å². The van der Waals surface area contributed by atoms with Crippen LogP contribution in [0.3, 0.4) is 0 Å². The van der Waals surface area contributed by atoms with E-state index in [9.17, 15) is 0 Å². The van der Waals surface area contributed by atoms with Crippen LogP contribution in [0.1, 0.15) is 50.7 Å². The molecule has 15 aromatic carbocycles. The van der Waals surface area contributed by atoms with E-state index in [0.29, 0.717) is 11.8 Å². The van der Waals surface area contributed by atoms with Crippen molar-refractivity contribution in [3.05, 3.63) is 205 Å². The molecule has 0 heteroatoms. The van der Waals surface area contributed by atoms with Gasteiger partial charge in [-0.3, -0.25) is 0 Å². The van der Waals surface area contributed by atoms with Gasteiger partial charge in [-0.1, -0.05) is 204 Å². The lowest BCUT2D eigenvalue weighted by molar-refractivity contribution is 0.838. The Morgan fingerprint density at radius 1 is 0.229 bits per heavy atom. The molecular formula is C70H46. The zero-order valence-electron chi connectivity index (χ0n) is 39.6. The third-order valence-electron chi connectivity index (χ3n) is 16.8. The molecule has 0 spiro atoms. The first-order valence-electron chi connectivity index (χ1n) is 25.2. The van der Waals surface area contributed by atoms with E-state index in [4.69, 9.17) is 0 Å². The Balaban J connectivity index is 1.03. The average molecular weight is 887 g/mol. The van der Waals surface area contributed by atoms with Crippen LogP contribution in [0.2, 0.25) is 0 Å². The molecule has 1 aliphatic rings. The van der Waals surface area contributed by atoms with E-state index < -0.39 is 0 Å². The topological polar surface area (TPSA) is 0 Å². The van der Waals surface area contributed by atoms with Crippen molar-refractivity contribution in [3.63, 3.8) is 0 Å². The van der Waals surface area contributed by atoms with Gasteiger partial charge in [0, 0.05) is 0 Å². The van der Waals surface area contributed by atoms with Crippen molar-refractivity contribution >= 4 is 108 Å². The number of hydrogen-bond donors (Lipinski definition) is 0. The minimum atomic E-state index is 0.432. The standard InChI is InChI=1S/C70H46/c1-37(2)43-20-13-21-44(38(3)4)62(43)42-24-25-45-48-26-27-49-51-30-32-54-68-55(33-31-52(67(51)68)50-28-29-53(56(45)34-42)65(48)66(49)50)70-64(41-16-9-6-10-17-41)60-36-58-47-23-12-19-39-18-11-22-46(61(39)47)57(58)35-59(60)63(69(54)70)40-14-7-5-8-15-40/h5-38H,1-4H3. The first kappa shape index (κ1) is 38.6. The first-order valence-corrected chi connectivity index (χ1v) is 25.2. The molecule has 0 aliphatic heterocycles. The molecule has 0 radical (unpaired) electrons. The highest BCUT2D eigenvalue weighted by atomic mass is 14.3. The zero-order valence-corrected chi connectivity index (χ0v) is 39.6. The predicted octanol–water partition coefficient (Wildman–Crippen LogP) is 20.4. The number of benzene rings is 13. The van der Waals surface area contributed by atoms with Crippen LogP contribution in [-0.4, -0.2) is 0 Å². The van der Waals surface area contributed by atoms with Crippen LogP contribution < -0.4 is 0 Å². The van der Waals surface area contributed by atoms with Gasteiger partial charge >= 0.3 is 0 Å². The number of fused-ring (bicyclic) bond motifs is 12. The summed E-state index contributed by atoms with van der Waals surface area (Å²) in [6.07, 6.45) is 0. The van der Waals surface area contributed by atoms with Crippen LogP contribution in [0, 0.1) is 0 Å². The van der Waals surface area contributed by atoms with Crippen LogP contribution in [0.5, 0.6) is 0 Å². The summed E-state index contributed by atoms with van der Waals surface area (Å²) in [4.78, 5) is 0. The van der Waals surface area contributed by atoms with E-state index in [2.05, 4.69) is 222 Å². The Morgan fingerprint density at radius 3 is 1.19 bits per heavy atom. The highest BCUT2D eigenvalue weighted by Crippen LogP contribution is 2.58. The number of rotatable bonds is 5. The molecule has 0 fully saturated rings. The van der Waals surface area contributed by atoms with Crippen LogP contribution in [0.15, 0.2) is 194 Å². The second-order valence-electron chi connectivity index (χ2n) is 20.9. The van der Waals surface area contributed by atoms with E-state index in [1.807, 2.05) is 0 Å². The van der Waals surface area contributed by atoms with Crippen molar-refractivity contribution < 1.29 is 0 Å². The van der Waals surface area contributed by atoms with E-state index in [-0.39, 0.29) is 0 Å². The van der Waals surface area contributed by atoms with Crippen molar-refractivity contribution in [3.8, 4) is 55.6 Å². The molecule has 0 N–H and O–H groups in total. The lowest BCUT2D eigenvalue weighted by atomic mass is 9.84. The predicted molar refractivity (Wildman–Crippen MR) is 304 cm³/mol. The maximum Gasteiger partial charge on any atom is -0.000740 e. The molecule has 0 saturated carbocycles. The van der Waals surface area contributed by atoms with E-state index >= 15 is 0 Å². The molecule has 326 valence electrons. The molecule has 16 rings (SSSR count). The van der Waals surface area contributed by atoms with Crippen molar-refractivity contribution in [2.24, 2.45) is 0 Å². The van der Waals surface area contributed by atoms with Crippen molar-refractivity contribution in [2.75, 3.05) is 0 Å². The van der Waals surface area contributed by atoms with Crippen LogP contribution in [0.4, 0.5) is 0 Å². The monoisotopic (exact) mass is 886 g/mol. The van der Waals surface area contributed by atoms with Gasteiger partial charge in [-0.2, -0.15) is 0 Å². The van der Waals surface area contributed by atoms with Gasteiger partial charge in [0.05, 0.1) is 0 Å². The second kappa shape index (κ2) is 13.7. The van der Waals surface area contributed by atoms with Gasteiger partial charge in [-0.15, -0.1) is 0 Å². The highest BCUT2D eigenvalue weighted by Gasteiger charge is 2.30. The van der Waals surface area contributed by atoms with Gasteiger partial charge in [0.2, 0.25) is 0 Å². The molecule has 0 amide bonds. The Labute approximate surface area is 406 Å². The molecule has 15 aromatic rings. The maximum atomic E-state index is 2.54. The van der Waals surface area contributed by atoms with Gasteiger partial charge in [0.15, 0.2) is 0 Å². The number of hydrogen-bond acceptors (Lipinski definition) is 0. The summed E-state index contributed by atoms with van der Waals surface area (Å²) in [5.74, 6) is 0.864. The summed E-state index contributed by atoms with van der Waals surface area (Å²) >= 11 is 0. The van der Waals surface area contributed by atoms with Gasteiger partial charge in [0.1, 0.15) is 0 Å². The molecule has 1 aliphatic carbocycles. The summed E-state index contributed by atoms with van der Waals surface area (Å²) < 4.78 is 0. The third kappa shape index (κ3) is 4.81. The Bertz CT molecular complexity index is 4500. The van der Waals surface area contributed by atoms with Gasteiger partial charge in [0.25, 0.3) is 0 Å². The minimum Gasteiger partial charge on any atom is -0.0622 e. The molecular weight excluding hydrogens is 841 g/mol. The fraction of sp³-hybridized carbons (Fsp3) is 0.0857. The summed E-state index contributed by atoms with van der Waals surface area (Å²) in [6.45, 7) is 9.32. The molecule has 0 heterocycles. The molecule has 0 aromatic heterocycles. The fourth-order valence-electron chi connectivity index (χ4n) is 13.9. The first-order chi connectivity index (χ1) is 34.4. The maximum absolute atomic E-state index is 2.54. The normalized spacial score (nSPS) is 12.8. The van der Waals surface area contributed by atoms with Gasteiger partial charge in [-0.05, 0) is 205 Å². The molecule has 0 unspecified atom stereocenters. The molecule has 70 heavy (non-hydrogen) atoms. The Hall–Kier alpha value is -8.32. The summed E-state index contributed by atoms with van der Waals surface area (Å²) in [5.41, 5.74) is 16.1. The lowest BCUT2D eigenvalue weighted by Crippen LogP contribution is -2.00. The van der Waals surface area contributed by atoms with Crippen molar-refractivity contribution in [2.45, 2.75) is 39.5 Å². The Kier molecular flexibility index (Phi) is 7.55. The quantitative estimate of drug-likeness (QED) is 0.119. The Morgan fingerprint density at radius 2 is 0.657 bits per heavy atom. The smallest absolute Gasteiger partial charge is 0.000740 e. The van der Waals surface area contributed by atoms with Gasteiger partial charge in [-0.25, -0.2) is 0 Å². The molecule has 0 atom stereocenters. The van der Waals surface area contributed by atoms with Crippen LogP contribution >= 0.6 is 0 Å². The van der Waals surface area contributed by atoms with E-state index in [0.717, 1.165) is 0 Å². The van der Waals surface area contributed by atoms with Crippen LogP contribution in [0.25, 0.3) is 163 Å². The summed E-state index contributed by atoms with van der Waals surface area (Å²) in [7, 11) is 0. The summed E-state index contributed by atoms with van der Waals surface area (Å²) in [5, 5.41) is 26.8. The van der Waals surface area contributed by atoms with E-state index in [1.165, 1.54) is 174 Å². The minimum absolute atomic E-state index is 0.432. The largest absolute Gasteiger partial charge is 0.0622 e. The van der Waals surface area contributed by atoms with Crippen molar-refractivity contribution in [1.82, 2.24) is 0 Å². The molecule has 0 bridgehead atoms. The van der Waals surface area contributed by atoms with Crippen LogP contribution in [-0.2, 0) is 0 Å². The summed E-state index contributed by atoms with van der Waals surface area (Å²) in [6, 6.07) is 75.0. The SMILES string of the molecule is CC(C)c1cccc(C(C)C)c1-c1ccc2c(c1)-c1ccc3c4ccc5c6c(-c7ccccc7)c7cc8c(cc7c(-c7ccccc7)c6c6ccc(c7ccc-2c1c73)c4c65)c1cccc2cccc8c21. The lowest BCUT2D eigenvalue weighted by Gasteiger charge is -2.20. The fourth-order valence-corrected chi connectivity index (χ4v) is 13.9. The third-order valence-corrected chi connectivity index (χ3v) is 16.8. The average Bonchev–Trinajstić information content (AvgIpc) is 4.03.